The van der Waals surface area contributed by atoms with E-state index >= 15 is 0 Å². The van der Waals surface area contributed by atoms with Crippen LogP contribution in [0.1, 0.15) is 4.88 Å². The van der Waals surface area contributed by atoms with Crippen LogP contribution in [0.3, 0.4) is 0 Å². The molecule has 0 radical (unpaired) electrons. The molecule has 1 aliphatic rings. The van der Waals surface area contributed by atoms with Crippen LogP contribution in [0.4, 0.5) is 10.5 Å². The number of thioether (sulfide) groups is 1. The predicted molar refractivity (Wildman–Crippen MR) is 84.2 cm³/mol. The number of nitrogens with zero attached hydrogens (tertiary/aromatic N) is 1. The minimum Gasteiger partial charge on any atom is -0.268 e. The summed E-state index contributed by atoms with van der Waals surface area (Å²) in [7, 11) is 0. The standard InChI is InChI=1S/C14H8ClNO2S2/c15-10-5-1-2-6-11(10)16-13(17)12(20-14(16)18)8-9-4-3-7-19-9/h1-8H. The van der Waals surface area contributed by atoms with Gasteiger partial charge >= 0.3 is 0 Å². The minimum absolute atomic E-state index is 0.328. The van der Waals surface area contributed by atoms with Gasteiger partial charge in [-0.2, -0.15) is 0 Å². The third kappa shape index (κ3) is 2.40. The molecule has 100 valence electrons. The van der Waals surface area contributed by atoms with Crippen molar-refractivity contribution in [1.82, 2.24) is 0 Å². The zero-order valence-corrected chi connectivity index (χ0v) is 12.5. The van der Waals surface area contributed by atoms with Gasteiger partial charge in [0.15, 0.2) is 0 Å². The number of benzene rings is 1. The van der Waals surface area contributed by atoms with E-state index in [1.807, 2.05) is 17.5 Å². The lowest BCUT2D eigenvalue weighted by molar-refractivity contribution is -0.113. The van der Waals surface area contributed by atoms with Gasteiger partial charge in [-0.25, -0.2) is 4.90 Å². The van der Waals surface area contributed by atoms with E-state index in [4.69, 9.17) is 11.6 Å². The van der Waals surface area contributed by atoms with Gasteiger partial charge in [0.1, 0.15) is 0 Å². The van der Waals surface area contributed by atoms with Gasteiger partial charge in [0.25, 0.3) is 11.1 Å². The minimum atomic E-state index is -0.332. The van der Waals surface area contributed by atoms with Gasteiger partial charge in [0.2, 0.25) is 0 Å². The Morgan fingerprint density at radius 1 is 1.10 bits per heavy atom. The first-order valence-corrected chi connectivity index (χ1v) is 7.80. The summed E-state index contributed by atoms with van der Waals surface area (Å²) in [5.41, 5.74) is 0.422. The van der Waals surface area contributed by atoms with Crippen LogP contribution in [-0.4, -0.2) is 11.1 Å². The van der Waals surface area contributed by atoms with Crippen molar-refractivity contribution in [2.45, 2.75) is 0 Å². The monoisotopic (exact) mass is 321 g/mol. The van der Waals surface area contributed by atoms with E-state index in [0.717, 1.165) is 21.5 Å². The molecule has 2 heterocycles. The summed E-state index contributed by atoms with van der Waals surface area (Å²) in [5.74, 6) is -0.332. The Bertz CT molecular complexity index is 710. The molecule has 1 fully saturated rings. The maximum absolute atomic E-state index is 12.4. The van der Waals surface area contributed by atoms with Crippen molar-refractivity contribution in [2.24, 2.45) is 0 Å². The lowest BCUT2D eigenvalue weighted by atomic mass is 10.3. The van der Waals surface area contributed by atoms with E-state index in [1.165, 1.54) is 11.3 Å². The highest BCUT2D eigenvalue weighted by molar-refractivity contribution is 8.19. The van der Waals surface area contributed by atoms with E-state index in [2.05, 4.69) is 0 Å². The summed E-state index contributed by atoms with van der Waals surface area (Å²) in [6, 6.07) is 10.6. The lowest BCUT2D eigenvalue weighted by Crippen LogP contribution is -2.27. The second-order valence-electron chi connectivity index (χ2n) is 3.98. The number of anilines is 1. The van der Waals surface area contributed by atoms with Crippen molar-refractivity contribution >= 4 is 57.6 Å². The third-order valence-electron chi connectivity index (χ3n) is 2.70. The van der Waals surface area contributed by atoms with Crippen molar-refractivity contribution in [3.63, 3.8) is 0 Å². The molecule has 0 spiro atoms. The molecule has 2 aromatic rings. The van der Waals surface area contributed by atoms with Crippen molar-refractivity contribution in [1.29, 1.82) is 0 Å². The van der Waals surface area contributed by atoms with E-state index in [1.54, 1.807) is 30.3 Å². The third-order valence-corrected chi connectivity index (χ3v) is 4.71. The number of para-hydroxylation sites is 1. The molecular weight excluding hydrogens is 314 g/mol. The van der Waals surface area contributed by atoms with Crippen molar-refractivity contribution in [3.8, 4) is 0 Å². The number of carbonyl (C=O) groups is 2. The van der Waals surface area contributed by atoms with Crippen LogP contribution in [0.5, 0.6) is 0 Å². The number of halogens is 1. The first kappa shape index (κ1) is 13.4. The van der Waals surface area contributed by atoms with Crippen LogP contribution < -0.4 is 4.90 Å². The second kappa shape index (κ2) is 5.44. The fourth-order valence-corrected chi connectivity index (χ4v) is 3.59. The van der Waals surface area contributed by atoms with Crippen molar-refractivity contribution in [3.05, 3.63) is 56.6 Å². The average molecular weight is 322 g/mol. The Morgan fingerprint density at radius 2 is 1.90 bits per heavy atom. The lowest BCUT2D eigenvalue weighted by Gasteiger charge is -2.13. The molecule has 0 atom stereocenters. The van der Waals surface area contributed by atoms with Crippen LogP contribution in [0.15, 0.2) is 46.7 Å². The fourth-order valence-electron chi connectivity index (χ4n) is 1.81. The van der Waals surface area contributed by atoms with E-state index in [0.29, 0.717) is 15.6 Å². The molecule has 1 aromatic carbocycles. The summed E-state index contributed by atoms with van der Waals surface area (Å²) >= 11 is 8.50. The van der Waals surface area contributed by atoms with Crippen LogP contribution >= 0.6 is 34.7 Å². The molecule has 1 aliphatic heterocycles. The number of thiophene rings is 1. The molecule has 0 aliphatic carbocycles. The molecule has 3 rings (SSSR count). The van der Waals surface area contributed by atoms with E-state index in [9.17, 15) is 9.59 Å². The number of imide groups is 1. The van der Waals surface area contributed by atoms with Crippen molar-refractivity contribution in [2.75, 3.05) is 4.90 Å². The number of rotatable bonds is 2. The highest BCUT2D eigenvalue weighted by Gasteiger charge is 2.37. The highest BCUT2D eigenvalue weighted by Crippen LogP contribution is 2.38. The number of amides is 2. The van der Waals surface area contributed by atoms with Crippen LogP contribution in [0.25, 0.3) is 6.08 Å². The quantitative estimate of drug-likeness (QED) is 0.756. The largest absolute Gasteiger partial charge is 0.298 e. The summed E-state index contributed by atoms with van der Waals surface area (Å²) < 4.78 is 0. The Morgan fingerprint density at radius 3 is 2.60 bits per heavy atom. The molecule has 0 saturated carbocycles. The molecule has 1 aromatic heterocycles. The maximum Gasteiger partial charge on any atom is 0.298 e. The molecular formula is C14H8ClNO2S2. The number of hydrogen-bond donors (Lipinski definition) is 0. The molecule has 0 N–H and O–H groups in total. The van der Waals surface area contributed by atoms with Crippen LogP contribution in [0.2, 0.25) is 5.02 Å². The number of carbonyl (C=O) groups excluding carboxylic acids is 2. The van der Waals surface area contributed by atoms with Gasteiger partial charge in [0.05, 0.1) is 15.6 Å². The van der Waals surface area contributed by atoms with E-state index in [-0.39, 0.29) is 11.1 Å². The predicted octanol–water partition coefficient (Wildman–Crippen LogP) is 4.64. The molecule has 0 bridgehead atoms. The van der Waals surface area contributed by atoms with Crippen molar-refractivity contribution < 1.29 is 9.59 Å². The van der Waals surface area contributed by atoms with Crippen LogP contribution in [0, 0.1) is 0 Å². The zero-order valence-electron chi connectivity index (χ0n) is 10.1. The average Bonchev–Trinajstić information content (AvgIpc) is 3.01. The summed E-state index contributed by atoms with van der Waals surface area (Å²) in [5, 5.41) is 1.97. The smallest absolute Gasteiger partial charge is 0.268 e. The Kier molecular flexibility index (Phi) is 3.65. The van der Waals surface area contributed by atoms with Gasteiger partial charge in [0, 0.05) is 4.88 Å². The number of hydrogen-bond acceptors (Lipinski definition) is 4. The Hall–Kier alpha value is -1.56. The van der Waals surface area contributed by atoms with Gasteiger partial charge in [-0.05, 0) is 41.4 Å². The normalized spacial score (nSPS) is 17.2. The molecule has 3 nitrogen and oxygen atoms in total. The SMILES string of the molecule is O=C1SC(=Cc2cccs2)C(=O)N1c1ccccc1Cl. The fraction of sp³-hybridized carbons (Fsp3) is 0. The molecule has 6 heteroatoms. The van der Waals surface area contributed by atoms with E-state index < -0.39 is 0 Å². The summed E-state index contributed by atoms with van der Waals surface area (Å²) in [6.45, 7) is 0. The Labute approximate surface area is 128 Å². The van der Waals surface area contributed by atoms with Gasteiger partial charge in [-0.1, -0.05) is 29.8 Å². The van der Waals surface area contributed by atoms with Gasteiger partial charge in [-0.3, -0.25) is 9.59 Å². The van der Waals surface area contributed by atoms with Gasteiger partial charge in [-0.15, -0.1) is 11.3 Å². The summed E-state index contributed by atoms with van der Waals surface area (Å²) in [4.78, 5) is 26.9. The second-order valence-corrected chi connectivity index (χ2v) is 6.36. The zero-order chi connectivity index (χ0) is 14.1. The summed E-state index contributed by atoms with van der Waals surface area (Å²) in [6.07, 6.45) is 1.73. The molecule has 0 unspecified atom stereocenters. The Balaban J connectivity index is 1.98. The van der Waals surface area contributed by atoms with Crippen LogP contribution in [-0.2, 0) is 4.79 Å². The topological polar surface area (TPSA) is 37.4 Å². The first-order valence-electron chi connectivity index (χ1n) is 5.73. The molecule has 2 amide bonds. The molecule has 1 saturated heterocycles. The van der Waals surface area contributed by atoms with Gasteiger partial charge < -0.3 is 0 Å². The first-order chi connectivity index (χ1) is 9.66. The maximum atomic E-state index is 12.4. The molecule has 20 heavy (non-hydrogen) atoms. The highest BCUT2D eigenvalue weighted by atomic mass is 35.5.